The highest BCUT2D eigenvalue weighted by molar-refractivity contribution is 7.09. The number of hydrogen-bond acceptors (Lipinski definition) is 6. The van der Waals surface area contributed by atoms with E-state index in [0.717, 1.165) is 33.9 Å². The Labute approximate surface area is 197 Å². The predicted octanol–water partition coefficient (Wildman–Crippen LogP) is 4.09. The Morgan fingerprint density at radius 1 is 1.27 bits per heavy atom. The van der Waals surface area contributed by atoms with Crippen molar-refractivity contribution in [3.05, 3.63) is 58.4 Å². The first-order valence-electron chi connectivity index (χ1n) is 10.9. The number of hydrogen-bond donors (Lipinski definition) is 0. The van der Waals surface area contributed by atoms with Crippen LogP contribution in [0.2, 0.25) is 0 Å². The van der Waals surface area contributed by atoms with Crippen molar-refractivity contribution in [3.63, 3.8) is 0 Å². The van der Waals surface area contributed by atoms with E-state index in [-0.39, 0.29) is 25.0 Å². The lowest BCUT2D eigenvalue weighted by Gasteiger charge is -2.31. The zero-order chi connectivity index (χ0) is 23.4. The molecule has 2 heterocycles. The zero-order valence-corrected chi connectivity index (χ0v) is 19.9. The number of likely N-dealkylation sites (N-methyl/N-ethyl adjacent to an activating group) is 1. The van der Waals surface area contributed by atoms with Crippen molar-refractivity contribution >= 4 is 34.5 Å². The molecule has 0 saturated heterocycles. The fourth-order valence-electron chi connectivity index (χ4n) is 3.80. The van der Waals surface area contributed by atoms with Crippen molar-refractivity contribution in [2.75, 3.05) is 43.2 Å². The molecule has 172 valence electrons. The maximum Gasteiger partial charge on any atom is 0.265 e. The SMILES string of the molecule is CCN(C(=O)CN1C(=O)COc2ccc(-c3csc(CCOC)n3)cc21)c1cccc(C)c1. The van der Waals surface area contributed by atoms with E-state index in [4.69, 9.17) is 9.47 Å². The number of ether oxygens (including phenoxy) is 2. The standard InChI is InChI=1S/C25H27N3O4S/c1-4-27(19-7-5-6-17(2)12-19)24(29)14-28-21-13-18(8-9-22(21)32-15-25(28)30)20-16-33-23(26-20)10-11-31-3/h5-9,12-13,16H,4,10-11,14-15H2,1-3H3. The molecule has 33 heavy (non-hydrogen) atoms. The molecule has 2 aromatic carbocycles. The third-order valence-corrected chi connectivity index (χ3v) is 6.40. The summed E-state index contributed by atoms with van der Waals surface area (Å²) in [5, 5.41) is 2.98. The molecule has 8 heteroatoms. The number of thiazole rings is 1. The largest absolute Gasteiger partial charge is 0.482 e. The van der Waals surface area contributed by atoms with Crippen LogP contribution in [0.1, 0.15) is 17.5 Å². The molecule has 4 rings (SSSR count). The number of fused-ring (bicyclic) bond motifs is 1. The zero-order valence-electron chi connectivity index (χ0n) is 19.0. The normalized spacial score (nSPS) is 12.9. The van der Waals surface area contributed by atoms with Gasteiger partial charge in [0, 0.05) is 36.7 Å². The summed E-state index contributed by atoms with van der Waals surface area (Å²) in [4.78, 5) is 33.9. The summed E-state index contributed by atoms with van der Waals surface area (Å²) in [5.41, 5.74) is 4.18. The minimum atomic E-state index is -0.243. The molecule has 0 spiro atoms. The number of nitrogens with zero attached hydrogens (tertiary/aromatic N) is 3. The highest BCUT2D eigenvalue weighted by Gasteiger charge is 2.29. The number of amides is 2. The fraction of sp³-hybridized carbons (Fsp3) is 0.320. The summed E-state index contributed by atoms with van der Waals surface area (Å²) in [6.45, 7) is 4.90. The topological polar surface area (TPSA) is 72.0 Å². The van der Waals surface area contributed by atoms with Gasteiger partial charge in [-0.25, -0.2) is 4.98 Å². The van der Waals surface area contributed by atoms with Crippen LogP contribution in [0, 0.1) is 6.92 Å². The van der Waals surface area contributed by atoms with Crippen LogP contribution >= 0.6 is 11.3 Å². The van der Waals surface area contributed by atoms with E-state index in [9.17, 15) is 9.59 Å². The van der Waals surface area contributed by atoms with Crippen molar-refractivity contribution in [1.82, 2.24) is 4.98 Å². The van der Waals surface area contributed by atoms with Crippen molar-refractivity contribution < 1.29 is 19.1 Å². The van der Waals surface area contributed by atoms with Crippen LogP contribution < -0.4 is 14.5 Å². The summed E-state index contributed by atoms with van der Waals surface area (Å²) < 4.78 is 10.8. The van der Waals surface area contributed by atoms with Gasteiger partial charge in [0.15, 0.2) is 6.61 Å². The van der Waals surface area contributed by atoms with Crippen molar-refractivity contribution in [3.8, 4) is 17.0 Å². The minimum Gasteiger partial charge on any atom is -0.482 e. The van der Waals surface area contributed by atoms with Crippen LogP contribution in [0.3, 0.4) is 0 Å². The van der Waals surface area contributed by atoms with Crippen molar-refractivity contribution in [2.45, 2.75) is 20.3 Å². The van der Waals surface area contributed by atoms with Crippen LogP contribution in [-0.4, -0.2) is 50.2 Å². The van der Waals surface area contributed by atoms with Crippen molar-refractivity contribution in [2.24, 2.45) is 0 Å². The molecule has 0 unspecified atom stereocenters. The Hall–Kier alpha value is -3.23. The number of benzene rings is 2. The van der Waals surface area contributed by atoms with E-state index in [1.165, 1.54) is 4.90 Å². The molecule has 3 aromatic rings. The molecule has 0 bridgehead atoms. The number of methoxy groups -OCH3 is 1. The third kappa shape index (κ3) is 5.07. The number of aryl methyl sites for hydroxylation is 1. The monoisotopic (exact) mass is 465 g/mol. The maximum absolute atomic E-state index is 13.2. The first-order valence-corrected chi connectivity index (χ1v) is 11.8. The van der Waals surface area contributed by atoms with E-state index in [0.29, 0.717) is 24.6 Å². The highest BCUT2D eigenvalue weighted by atomic mass is 32.1. The Morgan fingerprint density at radius 3 is 2.88 bits per heavy atom. The van der Waals surface area contributed by atoms with Crippen LogP contribution in [-0.2, 0) is 20.7 Å². The Kier molecular flexibility index (Phi) is 7.05. The molecule has 0 atom stereocenters. The smallest absolute Gasteiger partial charge is 0.265 e. The Balaban J connectivity index is 1.60. The lowest BCUT2D eigenvalue weighted by Crippen LogP contribution is -2.46. The molecule has 7 nitrogen and oxygen atoms in total. The molecule has 1 aliphatic heterocycles. The Bertz CT molecular complexity index is 1160. The van der Waals surface area contributed by atoms with Crippen LogP contribution in [0.4, 0.5) is 11.4 Å². The molecular weight excluding hydrogens is 438 g/mol. The average Bonchev–Trinajstić information content (AvgIpc) is 3.29. The first-order chi connectivity index (χ1) is 16.0. The average molecular weight is 466 g/mol. The summed E-state index contributed by atoms with van der Waals surface area (Å²) in [6.07, 6.45) is 0.750. The second-order valence-electron chi connectivity index (χ2n) is 7.80. The van der Waals surface area contributed by atoms with E-state index in [1.807, 2.05) is 61.7 Å². The van der Waals surface area contributed by atoms with Gasteiger partial charge in [0.05, 0.1) is 23.0 Å². The van der Waals surface area contributed by atoms with Gasteiger partial charge < -0.3 is 14.4 Å². The molecule has 0 aliphatic carbocycles. The van der Waals surface area contributed by atoms with Gasteiger partial charge in [-0.05, 0) is 49.7 Å². The second-order valence-corrected chi connectivity index (χ2v) is 8.74. The summed E-state index contributed by atoms with van der Waals surface area (Å²) in [6, 6.07) is 13.4. The molecule has 1 aliphatic rings. The van der Waals surface area contributed by atoms with E-state index < -0.39 is 0 Å². The number of carbonyl (C=O) groups excluding carboxylic acids is 2. The van der Waals surface area contributed by atoms with Gasteiger partial charge in [-0.1, -0.05) is 12.1 Å². The molecule has 0 saturated carbocycles. The second kappa shape index (κ2) is 10.1. The summed E-state index contributed by atoms with van der Waals surface area (Å²) >= 11 is 1.58. The lowest BCUT2D eigenvalue weighted by atomic mass is 10.1. The van der Waals surface area contributed by atoms with E-state index >= 15 is 0 Å². The van der Waals surface area contributed by atoms with E-state index in [2.05, 4.69) is 4.98 Å². The number of rotatable bonds is 8. The number of carbonyl (C=O) groups is 2. The van der Waals surface area contributed by atoms with Gasteiger partial charge in [-0.3, -0.25) is 14.5 Å². The molecule has 0 N–H and O–H groups in total. The summed E-state index contributed by atoms with van der Waals surface area (Å²) in [7, 11) is 1.67. The molecule has 0 fully saturated rings. The molecule has 1 aromatic heterocycles. The van der Waals surface area contributed by atoms with Gasteiger partial charge in [0.2, 0.25) is 5.91 Å². The molecule has 0 radical (unpaired) electrons. The van der Waals surface area contributed by atoms with Crippen LogP contribution in [0.15, 0.2) is 47.8 Å². The fourth-order valence-corrected chi connectivity index (χ4v) is 4.59. The van der Waals surface area contributed by atoms with E-state index in [1.54, 1.807) is 23.3 Å². The van der Waals surface area contributed by atoms with Crippen LogP contribution in [0.5, 0.6) is 5.75 Å². The third-order valence-electron chi connectivity index (χ3n) is 5.49. The Morgan fingerprint density at radius 2 is 2.12 bits per heavy atom. The number of anilines is 2. The van der Waals surface area contributed by atoms with Gasteiger partial charge in [-0.2, -0.15) is 0 Å². The highest BCUT2D eigenvalue weighted by Crippen LogP contribution is 2.36. The van der Waals surface area contributed by atoms with Gasteiger partial charge in [0.25, 0.3) is 5.91 Å². The van der Waals surface area contributed by atoms with Crippen LogP contribution in [0.25, 0.3) is 11.3 Å². The predicted molar refractivity (Wildman–Crippen MR) is 130 cm³/mol. The van der Waals surface area contributed by atoms with Crippen molar-refractivity contribution in [1.29, 1.82) is 0 Å². The quantitative estimate of drug-likeness (QED) is 0.501. The lowest BCUT2D eigenvalue weighted by molar-refractivity contribution is -0.124. The van der Waals surface area contributed by atoms with Gasteiger partial charge >= 0.3 is 0 Å². The van der Waals surface area contributed by atoms with Gasteiger partial charge in [0.1, 0.15) is 12.3 Å². The maximum atomic E-state index is 13.2. The molecule has 2 amide bonds. The minimum absolute atomic E-state index is 0.0589. The first kappa shape index (κ1) is 22.9. The number of aromatic nitrogens is 1. The molecular formula is C25H27N3O4S. The van der Waals surface area contributed by atoms with Gasteiger partial charge in [-0.15, -0.1) is 11.3 Å². The summed E-state index contributed by atoms with van der Waals surface area (Å²) in [5.74, 6) is 0.192.